The Morgan fingerprint density at radius 3 is 2.64 bits per heavy atom. The van der Waals surface area contributed by atoms with Crippen LogP contribution in [0.3, 0.4) is 0 Å². The molecule has 1 saturated heterocycles. The zero-order valence-electron chi connectivity index (χ0n) is 20.4. The molecule has 1 amide bonds. The van der Waals surface area contributed by atoms with Crippen molar-refractivity contribution in [3.63, 3.8) is 0 Å². The predicted molar refractivity (Wildman–Crippen MR) is 144 cm³/mol. The van der Waals surface area contributed by atoms with E-state index in [0.717, 1.165) is 73.6 Å². The van der Waals surface area contributed by atoms with Gasteiger partial charge in [0.2, 0.25) is 5.91 Å². The summed E-state index contributed by atoms with van der Waals surface area (Å²) in [6, 6.07) is 20.5. The molecular formula is C29H30ClFN4O. The number of hydrogen-bond acceptors (Lipinski definition) is 3. The van der Waals surface area contributed by atoms with Gasteiger partial charge in [-0.1, -0.05) is 35.9 Å². The van der Waals surface area contributed by atoms with Gasteiger partial charge in [0.1, 0.15) is 11.6 Å². The van der Waals surface area contributed by atoms with Crippen LogP contribution in [0.15, 0.2) is 66.7 Å². The van der Waals surface area contributed by atoms with Crippen LogP contribution in [0.1, 0.15) is 37.7 Å². The van der Waals surface area contributed by atoms with Gasteiger partial charge in [0.05, 0.1) is 11.0 Å². The molecule has 2 heterocycles. The molecular weight excluding hydrogens is 475 g/mol. The van der Waals surface area contributed by atoms with Gasteiger partial charge in [-0.25, -0.2) is 9.37 Å². The fraction of sp³-hybridized carbons (Fsp3) is 0.310. The van der Waals surface area contributed by atoms with Crippen molar-refractivity contribution in [3.8, 4) is 11.4 Å². The minimum Gasteiger partial charge on any atom is -0.326 e. The Balaban J connectivity index is 1.23. The smallest absolute Gasteiger partial charge is 0.221 e. The maximum absolute atomic E-state index is 13.9. The summed E-state index contributed by atoms with van der Waals surface area (Å²) in [5.74, 6) is 0.962. The first-order valence-corrected chi connectivity index (χ1v) is 12.9. The van der Waals surface area contributed by atoms with Crippen LogP contribution in [-0.2, 0) is 11.3 Å². The van der Waals surface area contributed by atoms with Crippen molar-refractivity contribution in [3.05, 3.63) is 83.1 Å². The van der Waals surface area contributed by atoms with Crippen molar-refractivity contribution in [2.45, 2.75) is 38.6 Å². The molecule has 0 aliphatic carbocycles. The van der Waals surface area contributed by atoms with E-state index >= 15 is 0 Å². The molecule has 0 unspecified atom stereocenters. The van der Waals surface area contributed by atoms with Crippen LogP contribution >= 0.6 is 11.6 Å². The van der Waals surface area contributed by atoms with Gasteiger partial charge in [-0.2, -0.15) is 0 Å². The van der Waals surface area contributed by atoms with E-state index in [0.29, 0.717) is 10.9 Å². The number of nitrogens with one attached hydrogen (secondary N) is 1. The summed E-state index contributed by atoms with van der Waals surface area (Å²) in [7, 11) is 0. The van der Waals surface area contributed by atoms with E-state index in [2.05, 4.69) is 26.9 Å². The highest BCUT2D eigenvalue weighted by atomic mass is 35.5. The van der Waals surface area contributed by atoms with Crippen LogP contribution in [0.2, 0.25) is 5.02 Å². The second-order valence-electron chi connectivity index (χ2n) is 9.51. The number of carbonyl (C=O) groups excluding carboxylic acids is 1. The second kappa shape index (κ2) is 10.8. The number of halogens is 2. The molecule has 0 saturated carbocycles. The first-order valence-electron chi connectivity index (χ1n) is 12.5. The molecule has 3 aromatic carbocycles. The molecule has 186 valence electrons. The minimum atomic E-state index is -0.269. The van der Waals surface area contributed by atoms with Gasteiger partial charge in [-0.15, -0.1) is 0 Å². The van der Waals surface area contributed by atoms with Gasteiger partial charge < -0.3 is 14.8 Å². The Labute approximate surface area is 215 Å². The zero-order chi connectivity index (χ0) is 25.1. The Morgan fingerprint density at radius 2 is 1.86 bits per heavy atom. The van der Waals surface area contributed by atoms with Crippen molar-refractivity contribution < 1.29 is 9.18 Å². The van der Waals surface area contributed by atoms with Crippen molar-refractivity contribution in [2.75, 3.05) is 25.0 Å². The molecule has 1 N–H and O–H groups in total. The fourth-order valence-electron chi connectivity index (χ4n) is 5.19. The van der Waals surface area contributed by atoms with Gasteiger partial charge in [0.25, 0.3) is 0 Å². The van der Waals surface area contributed by atoms with Crippen LogP contribution in [0.4, 0.5) is 10.1 Å². The lowest BCUT2D eigenvalue weighted by Gasteiger charge is -2.32. The van der Waals surface area contributed by atoms with Crippen molar-refractivity contribution >= 4 is 34.2 Å². The van der Waals surface area contributed by atoms with E-state index in [1.54, 1.807) is 6.07 Å². The third-order valence-electron chi connectivity index (χ3n) is 6.92. The van der Waals surface area contributed by atoms with Gasteiger partial charge in [-0.05, 0) is 92.8 Å². The molecule has 7 heteroatoms. The quantitative estimate of drug-likeness (QED) is 0.304. The molecule has 36 heavy (non-hydrogen) atoms. The molecule has 0 spiro atoms. The highest BCUT2D eigenvalue weighted by molar-refractivity contribution is 6.31. The number of amides is 1. The van der Waals surface area contributed by atoms with E-state index in [1.807, 2.05) is 36.4 Å². The van der Waals surface area contributed by atoms with Crippen LogP contribution in [-0.4, -0.2) is 40.0 Å². The SMILES string of the molecule is CC(=O)Nc1cccc(C2CCN(CCCn3c(-c4cccc(F)c4)nc4ccc(Cl)cc43)CC2)c1. The summed E-state index contributed by atoms with van der Waals surface area (Å²) in [6.45, 7) is 5.39. The summed E-state index contributed by atoms with van der Waals surface area (Å²) < 4.78 is 16.1. The lowest BCUT2D eigenvalue weighted by molar-refractivity contribution is -0.114. The molecule has 4 aromatic rings. The highest BCUT2D eigenvalue weighted by Gasteiger charge is 2.21. The van der Waals surface area contributed by atoms with Crippen LogP contribution in [0, 0.1) is 5.82 Å². The largest absolute Gasteiger partial charge is 0.326 e. The first kappa shape index (κ1) is 24.5. The number of nitrogens with zero attached hydrogens (tertiary/aromatic N) is 3. The van der Waals surface area contributed by atoms with Crippen molar-refractivity contribution in [1.82, 2.24) is 14.5 Å². The van der Waals surface area contributed by atoms with E-state index in [4.69, 9.17) is 16.6 Å². The highest BCUT2D eigenvalue weighted by Crippen LogP contribution is 2.31. The Hall–Kier alpha value is -3.22. The third-order valence-corrected chi connectivity index (χ3v) is 7.15. The maximum Gasteiger partial charge on any atom is 0.221 e. The number of rotatable bonds is 7. The lowest BCUT2D eigenvalue weighted by Crippen LogP contribution is -2.34. The molecule has 0 radical (unpaired) electrons. The molecule has 1 aliphatic rings. The van der Waals surface area contributed by atoms with Crippen LogP contribution < -0.4 is 5.32 Å². The van der Waals surface area contributed by atoms with Gasteiger partial charge in [0.15, 0.2) is 0 Å². The monoisotopic (exact) mass is 504 g/mol. The number of likely N-dealkylation sites (tertiary alicyclic amines) is 1. The van der Waals surface area contributed by atoms with E-state index in [-0.39, 0.29) is 11.7 Å². The summed E-state index contributed by atoms with van der Waals surface area (Å²) in [5, 5.41) is 3.55. The van der Waals surface area contributed by atoms with Gasteiger partial charge in [0, 0.05) is 29.7 Å². The Morgan fingerprint density at radius 1 is 1.06 bits per heavy atom. The number of aryl methyl sites for hydroxylation is 1. The molecule has 1 aromatic heterocycles. The first-order chi connectivity index (χ1) is 17.5. The molecule has 5 rings (SSSR count). The number of benzene rings is 3. The number of hydrogen-bond donors (Lipinski definition) is 1. The zero-order valence-corrected chi connectivity index (χ0v) is 21.1. The lowest BCUT2D eigenvalue weighted by atomic mass is 9.89. The maximum atomic E-state index is 13.9. The number of imidazole rings is 1. The molecule has 0 bridgehead atoms. The standard InChI is InChI=1S/C29H30ClFN4O/c1-20(36)32-26-8-3-5-22(18-26)21-11-15-34(16-12-21)13-4-14-35-28-19-24(30)9-10-27(28)33-29(35)23-6-2-7-25(31)17-23/h2-3,5-10,17-19,21H,4,11-16H2,1H3,(H,32,36). The summed E-state index contributed by atoms with van der Waals surface area (Å²) >= 11 is 6.30. The van der Waals surface area contributed by atoms with Crippen LogP contribution in [0.5, 0.6) is 0 Å². The minimum absolute atomic E-state index is 0.0459. The predicted octanol–water partition coefficient (Wildman–Crippen LogP) is 6.72. The topological polar surface area (TPSA) is 50.2 Å². The average molecular weight is 505 g/mol. The number of aromatic nitrogens is 2. The molecule has 1 aliphatic heterocycles. The Kier molecular flexibility index (Phi) is 7.35. The van der Waals surface area contributed by atoms with Gasteiger partial charge in [-0.3, -0.25) is 4.79 Å². The number of fused-ring (bicyclic) bond motifs is 1. The van der Waals surface area contributed by atoms with E-state index < -0.39 is 0 Å². The fourth-order valence-corrected chi connectivity index (χ4v) is 5.35. The van der Waals surface area contributed by atoms with Crippen molar-refractivity contribution in [1.29, 1.82) is 0 Å². The number of piperidine rings is 1. The third kappa shape index (κ3) is 5.61. The molecule has 1 fully saturated rings. The summed E-state index contributed by atoms with van der Waals surface area (Å²) in [5.41, 5.74) is 4.76. The second-order valence-corrected chi connectivity index (χ2v) is 9.94. The number of carbonyl (C=O) groups is 1. The summed E-state index contributed by atoms with van der Waals surface area (Å²) in [4.78, 5) is 18.7. The van der Waals surface area contributed by atoms with Crippen LogP contribution in [0.25, 0.3) is 22.4 Å². The van der Waals surface area contributed by atoms with Crippen molar-refractivity contribution in [2.24, 2.45) is 0 Å². The molecule has 5 nitrogen and oxygen atoms in total. The van der Waals surface area contributed by atoms with Gasteiger partial charge >= 0.3 is 0 Å². The molecule has 0 atom stereocenters. The number of anilines is 1. The normalized spacial score (nSPS) is 14.9. The average Bonchev–Trinajstić information content (AvgIpc) is 3.22. The van der Waals surface area contributed by atoms with E-state index in [1.165, 1.54) is 24.6 Å². The summed E-state index contributed by atoms with van der Waals surface area (Å²) in [6.07, 6.45) is 3.16. The van der Waals surface area contributed by atoms with E-state index in [9.17, 15) is 9.18 Å². The Bertz CT molecular complexity index is 1380.